The molecule has 0 spiro atoms. The molecule has 4 aromatic rings. The number of aryl methyl sites for hydroxylation is 2. The Hall–Kier alpha value is -3.55. The fourth-order valence-electron chi connectivity index (χ4n) is 4.13. The van der Waals surface area contributed by atoms with Gasteiger partial charge in [0, 0.05) is 23.7 Å². The van der Waals surface area contributed by atoms with Crippen LogP contribution >= 0.6 is 0 Å². The van der Waals surface area contributed by atoms with Crippen LogP contribution in [0.1, 0.15) is 41.1 Å². The van der Waals surface area contributed by atoms with Crippen molar-refractivity contribution in [1.29, 1.82) is 0 Å². The van der Waals surface area contributed by atoms with Crippen LogP contribution in [0.15, 0.2) is 35.3 Å². The van der Waals surface area contributed by atoms with E-state index in [4.69, 9.17) is 0 Å². The third-order valence-electron chi connectivity index (χ3n) is 5.73. The molecule has 30 heavy (non-hydrogen) atoms. The number of pyridine rings is 1. The smallest absolute Gasteiger partial charge is 0.277 e. The second-order valence-corrected chi connectivity index (χ2v) is 7.74. The van der Waals surface area contributed by atoms with Gasteiger partial charge in [0.15, 0.2) is 0 Å². The summed E-state index contributed by atoms with van der Waals surface area (Å²) >= 11 is 0. The predicted molar refractivity (Wildman–Crippen MR) is 112 cm³/mol. The van der Waals surface area contributed by atoms with Crippen molar-refractivity contribution in [2.45, 2.75) is 45.6 Å². The van der Waals surface area contributed by atoms with Gasteiger partial charge < -0.3 is 5.32 Å². The Kier molecular flexibility index (Phi) is 4.54. The van der Waals surface area contributed by atoms with E-state index < -0.39 is 0 Å². The van der Waals surface area contributed by atoms with E-state index in [1.165, 1.54) is 4.52 Å². The number of nitrogens with zero attached hydrogens (tertiary/aromatic N) is 4. The summed E-state index contributed by atoms with van der Waals surface area (Å²) in [5, 5.41) is 6.93. The molecule has 2 N–H and O–H groups in total. The molecule has 3 aromatic heterocycles. The van der Waals surface area contributed by atoms with Gasteiger partial charge in [0.1, 0.15) is 5.82 Å². The molecule has 0 radical (unpaired) electrons. The van der Waals surface area contributed by atoms with E-state index in [0.29, 0.717) is 18.1 Å². The van der Waals surface area contributed by atoms with Crippen LogP contribution < -0.4 is 10.9 Å². The molecule has 0 atom stereocenters. The molecule has 3 heterocycles. The predicted octanol–water partition coefficient (Wildman–Crippen LogP) is 2.01. The summed E-state index contributed by atoms with van der Waals surface area (Å²) in [4.78, 5) is 38.5. The van der Waals surface area contributed by atoms with E-state index in [9.17, 15) is 9.59 Å². The molecule has 1 aliphatic carbocycles. The average molecular weight is 402 g/mol. The van der Waals surface area contributed by atoms with Crippen LogP contribution in [-0.4, -0.2) is 30.5 Å². The molecule has 1 aromatic carbocycles. The van der Waals surface area contributed by atoms with Crippen molar-refractivity contribution in [3.05, 3.63) is 69.0 Å². The molecule has 1 aliphatic rings. The Morgan fingerprint density at radius 2 is 2.07 bits per heavy atom. The van der Waals surface area contributed by atoms with Gasteiger partial charge in [-0.2, -0.15) is 9.50 Å². The zero-order valence-electron chi connectivity index (χ0n) is 16.7. The summed E-state index contributed by atoms with van der Waals surface area (Å²) in [6.07, 6.45) is 5.41. The van der Waals surface area contributed by atoms with E-state index >= 15 is 0 Å². The molecule has 0 aliphatic heterocycles. The molecule has 0 saturated carbocycles. The number of rotatable bonds is 4. The first-order valence-corrected chi connectivity index (χ1v) is 10.2. The van der Waals surface area contributed by atoms with Gasteiger partial charge in [-0.05, 0) is 55.9 Å². The standard InChI is InChI=1S/C22H22N6O2/c1-13-8-9-17-14(6-4-10-23-17)16(13)12-24-20(29)11-19-26-22-25-18-7-3-2-5-15(18)21(30)28(22)27-19/h4,6,8-10H,2-3,5,7,11-12H2,1H3,(H,24,29)(H,25,26,27). The number of carbonyl (C=O) groups is 1. The van der Waals surface area contributed by atoms with Crippen molar-refractivity contribution >= 4 is 22.6 Å². The number of hydrogen-bond acceptors (Lipinski definition) is 5. The van der Waals surface area contributed by atoms with E-state index in [1.807, 2.05) is 31.2 Å². The molecule has 152 valence electrons. The first kappa shape index (κ1) is 18.5. The largest absolute Gasteiger partial charge is 0.352 e. The van der Waals surface area contributed by atoms with Gasteiger partial charge in [-0.3, -0.25) is 19.7 Å². The molecule has 8 heteroatoms. The highest BCUT2D eigenvalue weighted by Gasteiger charge is 2.19. The third kappa shape index (κ3) is 3.24. The molecule has 8 nitrogen and oxygen atoms in total. The number of nitrogens with one attached hydrogen (secondary N) is 2. The van der Waals surface area contributed by atoms with Gasteiger partial charge >= 0.3 is 0 Å². The van der Waals surface area contributed by atoms with Crippen LogP contribution in [0, 0.1) is 6.92 Å². The lowest BCUT2D eigenvalue weighted by molar-refractivity contribution is -0.120. The highest BCUT2D eigenvalue weighted by molar-refractivity contribution is 5.84. The second kappa shape index (κ2) is 7.37. The SMILES string of the molecule is Cc1ccc2ncccc2c1CNC(=O)Cc1nc2nc3c(c(=O)n2[nH]1)CCCC3. The van der Waals surface area contributed by atoms with Crippen LogP contribution in [0.5, 0.6) is 0 Å². The molecule has 0 fully saturated rings. The minimum atomic E-state index is -0.174. The molecule has 0 unspecified atom stereocenters. The van der Waals surface area contributed by atoms with Crippen LogP contribution in [-0.2, 0) is 30.6 Å². The van der Waals surface area contributed by atoms with Crippen LogP contribution in [0.3, 0.4) is 0 Å². The summed E-state index contributed by atoms with van der Waals surface area (Å²) in [5.74, 6) is 0.585. The minimum Gasteiger partial charge on any atom is -0.352 e. The molecule has 5 rings (SSSR count). The number of hydrogen-bond donors (Lipinski definition) is 2. The minimum absolute atomic E-state index is 0.0511. The number of H-pyrrole nitrogens is 1. The van der Waals surface area contributed by atoms with Crippen LogP contribution in [0.25, 0.3) is 16.7 Å². The van der Waals surface area contributed by atoms with E-state index in [0.717, 1.165) is 59.0 Å². The molecule has 0 bridgehead atoms. The van der Waals surface area contributed by atoms with Gasteiger partial charge in [-0.25, -0.2) is 4.98 Å². The van der Waals surface area contributed by atoms with Crippen LogP contribution in [0.4, 0.5) is 0 Å². The maximum atomic E-state index is 12.7. The normalized spacial score (nSPS) is 13.5. The number of benzene rings is 1. The fraction of sp³-hybridized carbons (Fsp3) is 0.318. The first-order chi connectivity index (χ1) is 14.6. The summed E-state index contributed by atoms with van der Waals surface area (Å²) in [7, 11) is 0. The quantitative estimate of drug-likeness (QED) is 0.543. The summed E-state index contributed by atoms with van der Waals surface area (Å²) in [5.41, 5.74) is 4.55. The van der Waals surface area contributed by atoms with Crippen molar-refractivity contribution in [3.8, 4) is 0 Å². The van der Waals surface area contributed by atoms with Crippen molar-refractivity contribution < 1.29 is 4.79 Å². The van der Waals surface area contributed by atoms with Crippen molar-refractivity contribution in [1.82, 2.24) is 29.9 Å². The Morgan fingerprint density at radius 3 is 2.97 bits per heavy atom. The lowest BCUT2D eigenvalue weighted by Gasteiger charge is -2.12. The van der Waals surface area contributed by atoms with E-state index in [2.05, 4.69) is 25.4 Å². The molecular formula is C22H22N6O2. The Balaban J connectivity index is 1.35. The number of carbonyl (C=O) groups excluding carboxylic acids is 1. The summed E-state index contributed by atoms with van der Waals surface area (Å²) < 4.78 is 1.35. The zero-order chi connectivity index (χ0) is 20.7. The topological polar surface area (TPSA) is 105 Å². The highest BCUT2D eigenvalue weighted by Crippen LogP contribution is 2.20. The van der Waals surface area contributed by atoms with Gasteiger partial charge in [-0.15, -0.1) is 0 Å². The summed E-state index contributed by atoms with van der Waals surface area (Å²) in [6.45, 7) is 2.42. The van der Waals surface area contributed by atoms with Gasteiger partial charge in [-0.1, -0.05) is 12.1 Å². The van der Waals surface area contributed by atoms with Crippen molar-refractivity contribution in [2.75, 3.05) is 0 Å². The third-order valence-corrected chi connectivity index (χ3v) is 5.73. The lowest BCUT2D eigenvalue weighted by Crippen LogP contribution is -2.26. The number of amides is 1. The van der Waals surface area contributed by atoms with E-state index in [-0.39, 0.29) is 17.9 Å². The Labute approximate surface area is 172 Å². The Morgan fingerprint density at radius 1 is 1.20 bits per heavy atom. The maximum absolute atomic E-state index is 12.7. The lowest BCUT2D eigenvalue weighted by atomic mass is 9.97. The first-order valence-electron chi connectivity index (χ1n) is 10.2. The number of aromatic nitrogens is 5. The monoisotopic (exact) mass is 402 g/mol. The average Bonchev–Trinajstić information content (AvgIpc) is 3.15. The molecule has 1 amide bonds. The maximum Gasteiger partial charge on any atom is 0.277 e. The molecule has 0 saturated heterocycles. The fourth-order valence-corrected chi connectivity index (χ4v) is 4.13. The van der Waals surface area contributed by atoms with E-state index in [1.54, 1.807) is 6.20 Å². The summed E-state index contributed by atoms with van der Waals surface area (Å²) in [6, 6.07) is 7.90. The highest BCUT2D eigenvalue weighted by atomic mass is 16.1. The van der Waals surface area contributed by atoms with Crippen molar-refractivity contribution in [3.63, 3.8) is 0 Å². The Bertz CT molecular complexity index is 1340. The van der Waals surface area contributed by atoms with Crippen molar-refractivity contribution in [2.24, 2.45) is 0 Å². The van der Waals surface area contributed by atoms with Crippen LogP contribution in [0.2, 0.25) is 0 Å². The number of fused-ring (bicyclic) bond motifs is 3. The molecular weight excluding hydrogens is 380 g/mol. The second-order valence-electron chi connectivity index (χ2n) is 7.74. The van der Waals surface area contributed by atoms with Gasteiger partial charge in [0.2, 0.25) is 5.91 Å². The number of aromatic amines is 1. The zero-order valence-corrected chi connectivity index (χ0v) is 16.7. The van der Waals surface area contributed by atoms with Gasteiger partial charge in [0.05, 0.1) is 17.6 Å². The van der Waals surface area contributed by atoms with Gasteiger partial charge in [0.25, 0.3) is 11.3 Å².